The first-order valence-electron chi connectivity index (χ1n) is 8.02. The standard InChI is InChI=1S/C18H19N3O4/c1-25-17-8-3-2-5-13(17)12-20(15-9-10-15)18(22)19-14-6-4-7-16(11-14)21(23)24/h2-8,11,15H,9-10,12H2,1H3,(H,19,22). The Morgan fingerprint density at radius 2 is 2.04 bits per heavy atom. The van der Waals surface area contributed by atoms with Gasteiger partial charge in [-0.3, -0.25) is 10.1 Å². The van der Waals surface area contributed by atoms with Gasteiger partial charge in [0.1, 0.15) is 5.75 Å². The Bertz CT molecular complexity index is 789. The first-order chi connectivity index (χ1) is 12.1. The zero-order chi connectivity index (χ0) is 17.8. The van der Waals surface area contributed by atoms with Gasteiger partial charge in [-0.1, -0.05) is 24.3 Å². The highest BCUT2D eigenvalue weighted by molar-refractivity contribution is 5.90. The van der Waals surface area contributed by atoms with E-state index >= 15 is 0 Å². The summed E-state index contributed by atoms with van der Waals surface area (Å²) in [4.78, 5) is 24.8. The van der Waals surface area contributed by atoms with Gasteiger partial charge in [-0.2, -0.15) is 0 Å². The van der Waals surface area contributed by atoms with E-state index in [-0.39, 0.29) is 17.8 Å². The Hall–Kier alpha value is -3.09. The summed E-state index contributed by atoms with van der Waals surface area (Å²) in [6.45, 7) is 0.426. The summed E-state index contributed by atoms with van der Waals surface area (Å²) in [5.41, 5.74) is 1.27. The minimum Gasteiger partial charge on any atom is -0.496 e. The molecule has 0 atom stereocenters. The first kappa shape index (κ1) is 16.8. The number of anilines is 1. The van der Waals surface area contributed by atoms with Crippen molar-refractivity contribution in [1.82, 2.24) is 4.90 Å². The van der Waals surface area contributed by atoms with Crippen LogP contribution in [0.15, 0.2) is 48.5 Å². The highest BCUT2D eigenvalue weighted by Crippen LogP contribution is 2.31. The minimum atomic E-state index is -0.483. The third kappa shape index (κ3) is 4.06. The second kappa shape index (κ2) is 7.21. The number of non-ortho nitro benzene ring substituents is 1. The van der Waals surface area contributed by atoms with Crippen molar-refractivity contribution in [1.29, 1.82) is 0 Å². The van der Waals surface area contributed by atoms with Gasteiger partial charge in [0.2, 0.25) is 0 Å². The van der Waals surface area contributed by atoms with Crippen LogP contribution in [0, 0.1) is 10.1 Å². The highest BCUT2D eigenvalue weighted by Gasteiger charge is 2.33. The molecule has 0 unspecified atom stereocenters. The van der Waals surface area contributed by atoms with Crippen LogP contribution in [0.4, 0.5) is 16.2 Å². The Balaban J connectivity index is 1.76. The topological polar surface area (TPSA) is 84.7 Å². The van der Waals surface area contributed by atoms with Crippen molar-refractivity contribution in [3.63, 3.8) is 0 Å². The normalized spacial score (nSPS) is 13.2. The lowest BCUT2D eigenvalue weighted by atomic mass is 10.2. The Morgan fingerprint density at radius 1 is 1.28 bits per heavy atom. The van der Waals surface area contributed by atoms with Crippen LogP contribution in [-0.2, 0) is 6.54 Å². The number of rotatable bonds is 6. The van der Waals surface area contributed by atoms with E-state index in [0.29, 0.717) is 12.2 Å². The van der Waals surface area contributed by atoms with Gasteiger partial charge >= 0.3 is 6.03 Å². The van der Waals surface area contributed by atoms with E-state index in [4.69, 9.17) is 4.74 Å². The molecule has 7 nitrogen and oxygen atoms in total. The van der Waals surface area contributed by atoms with Gasteiger partial charge in [-0.25, -0.2) is 4.79 Å². The number of nitro benzene ring substituents is 1. The van der Waals surface area contributed by atoms with Gasteiger partial charge in [0.15, 0.2) is 0 Å². The summed E-state index contributed by atoms with van der Waals surface area (Å²) in [6, 6.07) is 13.4. The molecule has 7 heteroatoms. The van der Waals surface area contributed by atoms with Gasteiger partial charge in [-0.15, -0.1) is 0 Å². The zero-order valence-corrected chi connectivity index (χ0v) is 13.8. The third-order valence-corrected chi connectivity index (χ3v) is 4.09. The molecular weight excluding hydrogens is 322 g/mol. The summed E-state index contributed by atoms with van der Waals surface area (Å²) in [5.74, 6) is 0.733. The molecule has 0 aliphatic heterocycles. The van der Waals surface area contributed by atoms with Crippen LogP contribution in [0.1, 0.15) is 18.4 Å². The molecule has 1 aliphatic carbocycles. The van der Waals surface area contributed by atoms with Crippen LogP contribution in [0.2, 0.25) is 0 Å². The fourth-order valence-electron chi connectivity index (χ4n) is 2.66. The zero-order valence-electron chi connectivity index (χ0n) is 13.8. The number of carbonyl (C=O) groups excluding carboxylic acids is 1. The van der Waals surface area contributed by atoms with Crippen LogP contribution in [0.5, 0.6) is 5.75 Å². The van der Waals surface area contributed by atoms with Crippen LogP contribution in [0.3, 0.4) is 0 Å². The molecule has 25 heavy (non-hydrogen) atoms. The molecule has 2 aromatic carbocycles. The number of nitro groups is 1. The lowest BCUT2D eigenvalue weighted by Crippen LogP contribution is -2.36. The van der Waals surface area contributed by atoms with E-state index in [1.165, 1.54) is 12.1 Å². The van der Waals surface area contributed by atoms with Gasteiger partial charge in [0.25, 0.3) is 5.69 Å². The molecule has 3 rings (SSSR count). The van der Waals surface area contributed by atoms with Crippen LogP contribution in [0.25, 0.3) is 0 Å². The number of nitrogens with one attached hydrogen (secondary N) is 1. The SMILES string of the molecule is COc1ccccc1CN(C(=O)Nc1cccc([N+](=O)[O-])c1)C1CC1. The molecule has 0 saturated heterocycles. The molecule has 1 saturated carbocycles. The fraction of sp³-hybridized carbons (Fsp3) is 0.278. The monoisotopic (exact) mass is 341 g/mol. The van der Waals surface area contributed by atoms with Crippen LogP contribution < -0.4 is 10.1 Å². The summed E-state index contributed by atoms with van der Waals surface area (Å²) >= 11 is 0. The molecule has 0 heterocycles. The predicted octanol–water partition coefficient (Wildman–Crippen LogP) is 3.80. The van der Waals surface area contributed by atoms with Crippen molar-refractivity contribution in [2.45, 2.75) is 25.4 Å². The van der Waals surface area contributed by atoms with E-state index in [1.54, 1.807) is 24.1 Å². The maximum Gasteiger partial charge on any atom is 0.322 e. The minimum absolute atomic E-state index is 0.0551. The maximum atomic E-state index is 12.7. The molecular formula is C18H19N3O4. The summed E-state index contributed by atoms with van der Waals surface area (Å²) in [6.07, 6.45) is 1.91. The molecule has 0 spiro atoms. The molecule has 0 radical (unpaired) electrons. The van der Waals surface area contributed by atoms with Crippen LogP contribution in [-0.4, -0.2) is 29.0 Å². The number of para-hydroxylation sites is 1. The summed E-state index contributed by atoms with van der Waals surface area (Å²) in [5, 5.41) is 13.6. The van der Waals surface area contributed by atoms with Crippen molar-refractivity contribution >= 4 is 17.4 Å². The number of amides is 2. The highest BCUT2D eigenvalue weighted by atomic mass is 16.6. The largest absolute Gasteiger partial charge is 0.496 e. The van der Waals surface area contributed by atoms with Crippen LogP contribution >= 0.6 is 0 Å². The number of ether oxygens (including phenoxy) is 1. The van der Waals surface area contributed by atoms with Gasteiger partial charge < -0.3 is 15.0 Å². The summed E-state index contributed by atoms with van der Waals surface area (Å²) < 4.78 is 5.35. The lowest BCUT2D eigenvalue weighted by molar-refractivity contribution is -0.384. The Morgan fingerprint density at radius 3 is 2.72 bits per heavy atom. The smallest absolute Gasteiger partial charge is 0.322 e. The van der Waals surface area contributed by atoms with E-state index in [9.17, 15) is 14.9 Å². The first-order valence-corrected chi connectivity index (χ1v) is 8.02. The molecule has 0 bridgehead atoms. The second-order valence-electron chi connectivity index (χ2n) is 5.91. The Kier molecular flexibility index (Phi) is 4.83. The number of hydrogen-bond acceptors (Lipinski definition) is 4. The average molecular weight is 341 g/mol. The Labute approximate surface area is 145 Å². The fourth-order valence-corrected chi connectivity index (χ4v) is 2.66. The molecule has 0 aromatic heterocycles. The van der Waals surface area contributed by atoms with E-state index < -0.39 is 4.92 Å². The number of urea groups is 1. The number of methoxy groups -OCH3 is 1. The average Bonchev–Trinajstić information content (AvgIpc) is 3.45. The molecule has 1 fully saturated rings. The molecule has 2 aromatic rings. The van der Waals surface area contributed by atoms with Crippen molar-refractivity contribution in [3.05, 3.63) is 64.2 Å². The van der Waals surface area contributed by atoms with E-state index in [1.807, 2.05) is 24.3 Å². The molecule has 1 aliphatic rings. The lowest BCUT2D eigenvalue weighted by Gasteiger charge is -2.24. The predicted molar refractivity (Wildman–Crippen MR) is 93.7 cm³/mol. The number of benzene rings is 2. The number of hydrogen-bond donors (Lipinski definition) is 1. The molecule has 1 N–H and O–H groups in total. The summed E-state index contributed by atoms with van der Waals surface area (Å²) in [7, 11) is 1.60. The molecule has 130 valence electrons. The van der Waals surface area contributed by atoms with Crippen molar-refractivity contribution in [2.75, 3.05) is 12.4 Å². The third-order valence-electron chi connectivity index (χ3n) is 4.09. The second-order valence-corrected chi connectivity index (χ2v) is 5.91. The van der Waals surface area contributed by atoms with Gasteiger partial charge in [0.05, 0.1) is 18.6 Å². The quantitative estimate of drug-likeness (QED) is 0.640. The van der Waals surface area contributed by atoms with E-state index in [2.05, 4.69) is 5.32 Å². The molecule has 2 amide bonds. The van der Waals surface area contributed by atoms with Crippen molar-refractivity contribution < 1.29 is 14.5 Å². The number of nitrogens with zero attached hydrogens (tertiary/aromatic N) is 2. The van der Waals surface area contributed by atoms with Crippen molar-refractivity contribution in [3.8, 4) is 5.75 Å². The van der Waals surface area contributed by atoms with Gasteiger partial charge in [-0.05, 0) is 25.0 Å². The maximum absolute atomic E-state index is 12.7. The van der Waals surface area contributed by atoms with Crippen molar-refractivity contribution in [2.24, 2.45) is 0 Å². The van der Waals surface area contributed by atoms with E-state index in [0.717, 1.165) is 24.2 Å². The van der Waals surface area contributed by atoms with Gasteiger partial charge in [0, 0.05) is 29.4 Å². The number of carbonyl (C=O) groups is 1.